The van der Waals surface area contributed by atoms with Crippen molar-refractivity contribution in [2.45, 2.75) is 50.7 Å². The number of aromatic amines is 1. The first-order chi connectivity index (χ1) is 18.8. The summed E-state index contributed by atoms with van der Waals surface area (Å²) in [4.78, 5) is 15.0. The molecule has 12 heteroatoms. The van der Waals surface area contributed by atoms with Gasteiger partial charge in [-0.25, -0.2) is 22.5 Å². The fourth-order valence-corrected chi connectivity index (χ4v) is 5.39. The number of nitrogens with zero attached hydrogens (tertiary/aromatic N) is 3. The van der Waals surface area contributed by atoms with E-state index in [9.17, 15) is 22.4 Å². The second-order valence-corrected chi connectivity index (χ2v) is 9.85. The van der Waals surface area contributed by atoms with E-state index in [-0.39, 0.29) is 24.7 Å². The molecule has 4 N–H and O–H groups in total. The highest BCUT2D eigenvalue weighted by molar-refractivity contribution is 6.08. The molecule has 3 aromatic rings. The van der Waals surface area contributed by atoms with Crippen LogP contribution in [0.15, 0.2) is 36.4 Å². The van der Waals surface area contributed by atoms with E-state index in [2.05, 4.69) is 15.5 Å². The number of rotatable bonds is 9. The number of alkyl halides is 4. The van der Waals surface area contributed by atoms with E-state index in [1.807, 2.05) is 36.1 Å². The zero-order valence-corrected chi connectivity index (χ0v) is 21.5. The Hall–Kier alpha value is -3.38. The summed E-state index contributed by atoms with van der Waals surface area (Å²) in [5, 5.41) is 11.9. The van der Waals surface area contributed by atoms with Crippen LogP contribution in [0.2, 0.25) is 0 Å². The number of hydrogen-bond acceptors (Lipinski definition) is 6. The molecule has 5 rings (SSSR count). The Bertz CT molecular complexity index is 1300. The van der Waals surface area contributed by atoms with Crippen molar-refractivity contribution in [1.29, 1.82) is 0 Å². The fourth-order valence-electron chi connectivity index (χ4n) is 5.39. The molecule has 2 aliphatic rings. The first kappa shape index (κ1) is 27.2. The monoisotopic (exact) mass is 548 g/mol. The van der Waals surface area contributed by atoms with Crippen molar-refractivity contribution in [2.24, 2.45) is 5.73 Å². The Morgan fingerprint density at radius 2 is 1.82 bits per heavy atom. The smallest absolute Gasteiger partial charge is 0.250 e. The van der Waals surface area contributed by atoms with Gasteiger partial charge in [0.05, 0.1) is 22.3 Å². The van der Waals surface area contributed by atoms with Crippen molar-refractivity contribution in [2.75, 3.05) is 43.1 Å². The van der Waals surface area contributed by atoms with E-state index in [1.165, 1.54) is 0 Å². The number of carbonyl (C=O) groups excluding carboxylic acids is 1. The van der Waals surface area contributed by atoms with Crippen molar-refractivity contribution in [3.05, 3.63) is 42.0 Å². The molecule has 0 aliphatic carbocycles. The zero-order chi connectivity index (χ0) is 27.7. The van der Waals surface area contributed by atoms with E-state index >= 15 is 0 Å². The highest BCUT2D eigenvalue weighted by Crippen LogP contribution is 2.42. The van der Waals surface area contributed by atoms with Gasteiger partial charge in [-0.3, -0.25) is 9.89 Å². The summed E-state index contributed by atoms with van der Waals surface area (Å²) in [5.41, 5.74) is 9.16. The van der Waals surface area contributed by atoms with E-state index in [1.54, 1.807) is 12.1 Å². The average Bonchev–Trinajstić information content (AvgIpc) is 3.45. The van der Waals surface area contributed by atoms with Gasteiger partial charge in [0.2, 0.25) is 0 Å². The van der Waals surface area contributed by atoms with Crippen molar-refractivity contribution in [3.8, 4) is 11.3 Å². The number of hydrogen-bond donors (Lipinski definition) is 3. The third-order valence-electron chi connectivity index (χ3n) is 7.54. The van der Waals surface area contributed by atoms with Gasteiger partial charge in [0.25, 0.3) is 5.91 Å². The van der Waals surface area contributed by atoms with Crippen molar-refractivity contribution in [3.63, 3.8) is 0 Å². The summed E-state index contributed by atoms with van der Waals surface area (Å²) < 4.78 is 61.8. The van der Waals surface area contributed by atoms with Gasteiger partial charge in [0.1, 0.15) is 5.69 Å². The van der Waals surface area contributed by atoms with E-state index in [0.29, 0.717) is 47.3 Å². The van der Waals surface area contributed by atoms with Crippen molar-refractivity contribution < 1.29 is 27.1 Å². The Morgan fingerprint density at radius 1 is 1.13 bits per heavy atom. The third kappa shape index (κ3) is 5.14. The second-order valence-electron chi connectivity index (χ2n) is 9.85. The molecular weight excluding hydrogens is 516 g/mol. The molecule has 3 heterocycles. The lowest BCUT2D eigenvalue weighted by molar-refractivity contribution is 0.0172. The SMILES string of the molecule is CCN(CCN1C(F)C(F)C(F)C1F)c1ccc(C(N)=O)c(NC2CCOCC2)c1-c1n[nH]c2ccccc12. The molecule has 1 amide bonds. The minimum absolute atomic E-state index is 0.0123. The maximum Gasteiger partial charge on any atom is 0.250 e. The summed E-state index contributed by atoms with van der Waals surface area (Å²) in [7, 11) is 0. The lowest BCUT2D eigenvalue weighted by Gasteiger charge is -2.32. The number of fused-ring (bicyclic) bond motifs is 1. The van der Waals surface area contributed by atoms with E-state index < -0.39 is 30.8 Å². The maximum atomic E-state index is 14.3. The molecule has 2 aromatic carbocycles. The minimum atomic E-state index is -2.54. The van der Waals surface area contributed by atoms with Gasteiger partial charge < -0.3 is 20.7 Å². The fraction of sp³-hybridized carbons (Fsp3) is 0.481. The molecule has 1 aromatic heterocycles. The Balaban J connectivity index is 1.60. The summed E-state index contributed by atoms with van der Waals surface area (Å²) in [6.45, 7) is 3.22. The lowest BCUT2D eigenvalue weighted by Crippen LogP contribution is -2.41. The van der Waals surface area contributed by atoms with Crippen LogP contribution in [0.1, 0.15) is 30.1 Å². The van der Waals surface area contributed by atoms with E-state index in [4.69, 9.17) is 10.5 Å². The van der Waals surface area contributed by atoms with Crippen LogP contribution in [-0.2, 0) is 4.74 Å². The molecule has 0 radical (unpaired) electrons. The number of nitrogens with two attached hydrogens (primary N) is 1. The molecule has 0 spiro atoms. The summed E-state index contributed by atoms with van der Waals surface area (Å²) in [6.07, 6.45) is -8.37. The van der Waals surface area contributed by atoms with E-state index in [0.717, 1.165) is 23.7 Å². The number of aromatic nitrogens is 2. The Morgan fingerprint density at radius 3 is 2.49 bits per heavy atom. The number of H-pyrrole nitrogens is 1. The van der Waals surface area contributed by atoms with Gasteiger partial charge in [-0.1, -0.05) is 18.2 Å². The number of likely N-dealkylation sites (tertiary alicyclic amines) is 1. The number of primary amides is 1. The molecule has 0 saturated carbocycles. The topological polar surface area (TPSA) is 99.5 Å². The summed E-state index contributed by atoms with van der Waals surface area (Å²) in [6, 6.07) is 10.9. The summed E-state index contributed by atoms with van der Waals surface area (Å²) >= 11 is 0. The second kappa shape index (κ2) is 11.4. The minimum Gasteiger partial charge on any atom is -0.381 e. The largest absolute Gasteiger partial charge is 0.381 e. The number of likely N-dealkylation sites (N-methyl/N-ethyl adjacent to an activating group) is 1. The van der Waals surface area contributed by atoms with Gasteiger partial charge >= 0.3 is 0 Å². The Kier molecular flexibility index (Phi) is 7.94. The molecule has 8 nitrogen and oxygen atoms in total. The van der Waals surface area contributed by atoms with Crippen molar-refractivity contribution in [1.82, 2.24) is 15.1 Å². The number of anilines is 2. The van der Waals surface area contributed by atoms with Gasteiger partial charge in [0.15, 0.2) is 24.9 Å². The molecule has 39 heavy (non-hydrogen) atoms. The van der Waals surface area contributed by atoms with Gasteiger partial charge in [-0.2, -0.15) is 5.10 Å². The Labute approximate surface area is 223 Å². The zero-order valence-electron chi connectivity index (χ0n) is 21.5. The number of nitrogens with one attached hydrogen (secondary N) is 2. The highest BCUT2D eigenvalue weighted by Gasteiger charge is 2.51. The number of ether oxygens (including phenoxy) is 1. The molecular formula is C27H32F4N6O2. The molecule has 2 saturated heterocycles. The molecule has 2 fully saturated rings. The molecule has 0 bridgehead atoms. The number of amides is 1. The van der Waals surface area contributed by atoms with Crippen LogP contribution in [0.5, 0.6) is 0 Å². The predicted molar refractivity (Wildman–Crippen MR) is 142 cm³/mol. The third-order valence-corrected chi connectivity index (χ3v) is 7.54. The van der Waals surface area contributed by atoms with Crippen LogP contribution in [0.3, 0.4) is 0 Å². The van der Waals surface area contributed by atoms with Crippen LogP contribution in [0.25, 0.3) is 22.2 Å². The van der Waals surface area contributed by atoms with Gasteiger partial charge in [-0.15, -0.1) is 0 Å². The first-order valence-electron chi connectivity index (χ1n) is 13.1. The van der Waals surface area contributed by atoms with Crippen LogP contribution in [0.4, 0.5) is 28.9 Å². The lowest BCUT2D eigenvalue weighted by atomic mass is 9.96. The molecule has 2 aliphatic heterocycles. The van der Waals surface area contributed by atoms with Crippen LogP contribution < -0.4 is 16.0 Å². The standard InChI is InChI=1S/C27H32F4N6O2/c1-2-36(11-12-37-25(30)21(28)22(29)26(37)31)19-8-7-17(27(32)38)23(33-15-9-13-39-14-10-15)20(19)24-16-5-3-4-6-18(16)34-35-24/h3-8,15,21-22,25-26,33H,2,9-14H2,1H3,(H2,32,38)(H,34,35). The highest BCUT2D eigenvalue weighted by atomic mass is 19.2. The van der Waals surface area contributed by atoms with Crippen LogP contribution in [-0.4, -0.2) is 84.8 Å². The quantitative estimate of drug-likeness (QED) is 0.272. The van der Waals surface area contributed by atoms with Crippen LogP contribution >= 0.6 is 0 Å². The maximum absolute atomic E-state index is 14.3. The first-order valence-corrected chi connectivity index (χ1v) is 13.1. The number of carbonyl (C=O) groups is 1. The normalized spacial score (nSPS) is 24.3. The molecule has 210 valence electrons. The molecule has 4 atom stereocenters. The predicted octanol–water partition coefficient (Wildman–Crippen LogP) is 4.33. The molecule has 4 unspecified atom stereocenters. The number of benzene rings is 2. The number of halogens is 4. The van der Waals surface area contributed by atoms with Gasteiger partial charge in [0, 0.05) is 50.0 Å². The van der Waals surface area contributed by atoms with Crippen LogP contribution in [0, 0.1) is 0 Å². The van der Waals surface area contributed by atoms with Gasteiger partial charge in [-0.05, 0) is 38.0 Å². The number of para-hydroxylation sites is 1. The van der Waals surface area contributed by atoms with Crippen molar-refractivity contribution >= 4 is 28.2 Å². The summed E-state index contributed by atoms with van der Waals surface area (Å²) in [5.74, 6) is -0.624. The average molecular weight is 549 g/mol.